The molecule has 5 heteroatoms. The van der Waals surface area contributed by atoms with Gasteiger partial charge < -0.3 is 4.90 Å². The lowest BCUT2D eigenvalue weighted by Crippen LogP contribution is -2.43. The highest BCUT2D eigenvalue weighted by Gasteiger charge is 2.26. The van der Waals surface area contributed by atoms with Crippen molar-refractivity contribution in [1.82, 2.24) is 10.3 Å². The number of nitrogens with two attached hydrogens (primary N) is 1. The molecule has 1 saturated heterocycles. The van der Waals surface area contributed by atoms with E-state index in [2.05, 4.69) is 35.9 Å². The number of nitrogens with zero attached hydrogens (tertiary/aromatic N) is 1. The van der Waals surface area contributed by atoms with E-state index >= 15 is 0 Å². The number of thioether (sulfide) groups is 1. The molecule has 1 fully saturated rings. The molecular formula is C12H25N3OS. The third-order valence-electron chi connectivity index (χ3n) is 3.04. The Bertz CT molecular complexity index is 246. The van der Waals surface area contributed by atoms with E-state index in [0.717, 1.165) is 19.4 Å². The van der Waals surface area contributed by atoms with Gasteiger partial charge in [0.25, 0.3) is 0 Å². The zero-order chi connectivity index (χ0) is 12.7. The minimum atomic E-state index is -0.0551. The Kier molecular flexibility index (Phi) is 6.30. The Morgan fingerprint density at radius 2 is 2.18 bits per heavy atom. The molecule has 1 aliphatic heterocycles. The number of amides is 1. The van der Waals surface area contributed by atoms with Gasteiger partial charge in [0, 0.05) is 30.0 Å². The molecule has 3 N–H and O–H groups in total. The number of nitrogens with one attached hydrogen (secondary N) is 1. The average Bonchev–Trinajstić information content (AvgIpc) is 2.27. The van der Waals surface area contributed by atoms with E-state index in [1.54, 1.807) is 0 Å². The molecule has 0 aromatic carbocycles. The van der Waals surface area contributed by atoms with Crippen molar-refractivity contribution in [3.8, 4) is 0 Å². The zero-order valence-corrected chi connectivity index (χ0v) is 11.8. The lowest BCUT2D eigenvalue weighted by Gasteiger charge is -2.37. The summed E-state index contributed by atoms with van der Waals surface area (Å²) in [4.78, 5) is 13.5. The van der Waals surface area contributed by atoms with Crippen molar-refractivity contribution < 1.29 is 4.79 Å². The average molecular weight is 259 g/mol. The molecule has 0 saturated carbocycles. The highest BCUT2D eigenvalue weighted by molar-refractivity contribution is 8.00. The largest absolute Gasteiger partial charge is 0.301 e. The number of rotatable bonds is 6. The third kappa shape index (κ3) is 6.29. The molecule has 100 valence electrons. The molecule has 1 heterocycles. The maximum absolute atomic E-state index is 10.9. The van der Waals surface area contributed by atoms with Gasteiger partial charge in [-0.2, -0.15) is 11.8 Å². The Hall–Kier alpha value is -0.260. The van der Waals surface area contributed by atoms with E-state index in [0.29, 0.717) is 11.2 Å². The van der Waals surface area contributed by atoms with E-state index in [4.69, 9.17) is 5.84 Å². The SMILES string of the molecule is CC1(C)CN(CCCCCC(=O)NN)CCS1. The van der Waals surface area contributed by atoms with Crippen LogP contribution in [0.1, 0.15) is 39.5 Å². The lowest BCUT2D eigenvalue weighted by atomic mass is 10.1. The predicted molar refractivity (Wildman–Crippen MR) is 73.8 cm³/mol. The van der Waals surface area contributed by atoms with Gasteiger partial charge in [0.05, 0.1) is 0 Å². The van der Waals surface area contributed by atoms with E-state index in [1.807, 2.05) is 0 Å². The summed E-state index contributed by atoms with van der Waals surface area (Å²) in [6.07, 6.45) is 3.78. The van der Waals surface area contributed by atoms with Crippen LogP contribution in [0, 0.1) is 0 Å². The number of hydrogen-bond donors (Lipinski definition) is 2. The van der Waals surface area contributed by atoms with E-state index < -0.39 is 0 Å². The first kappa shape index (κ1) is 14.8. The summed E-state index contributed by atoms with van der Waals surface area (Å²) in [7, 11) is 0. The van der Waals surface area contributed by atoms with Crippen molar-refractivity contribution in [3.05, 3.63) is 0 Å². The van der Waals surface area contributed by atoms with Crippen LogP contribution < -0.4 is 11.3 Å². The Balaban J connectivity index is 2.04. The predicted octanol–water partition coefficient (Wildman–Crippen LogP) is 1.36. The molecule has 0 aromatic heterocycles. The fourth-order valence-corrected chi connectivity index (χ4v) is 3.35. The molecule has 0 unspecified atom stereocenters. The normalized spacial score (nSPS) is 20.2. The molecule has 0 bridgehead atoms. The molecule has 0 spiro atoms. The molecular weight excluding hydrogens is 234 g/mol. The minimum absolute atomic E-state index is 0.0551. The molecule has 4 nitrogen and oxygen atoms in total. The topological polar surface area (TPSA) is 58.4 Å². The van der Waals surface area contributed by atoms with Crippen LogP contribution in [0.5, 0.6) is 0 Å². The first-order chi connectivity index (χ1) is 8.03. The van der Waals surface area contributed by atoms with Gasteiger partial charge in [0.2, 0.25) is 5.91 Å². The summed E-state index contributed by atoms with van der Waals surface area (Å²) < 4.78 is 0.400. The van der Waals surface area contributed by atoms with Gasteiger partial charge in [-0.15, -0.1) is 0 Å². The number of carbonyl (C=O) groups excluding carboxylic acids is 1. The van der Waals surface area contributed by atoms with Crippen molar-refractivity contribution in [2.75, 3.05) is 25.4 Å². The third-order valence-corrected chi connectivity index (χ3v) is 4.34. The molecule has 17 heavy (non-hydrogen) atoms. The Morgan fingerprint density at radius 3 is 2.82 bits per heavy atom. The van der Waals surface area contributed by atoms with Crippen LogP contribution in [0.4, 0.5) is 0 Å². The molecule has 0 aromatic rings. The molecule has 1 aliphatic rings. The standard InChI is InChI=1S/C12H25N3OS/c1-12(2)10-15(8-9-17-12)7-5-3-4-6-11(16)14-13/h3-10,13H2,1-2H3,(H,14,16). The maximum atomic E-state index is 10.9. The smallest absolute Gasteiger partial charge is 0.233 e. The second-order valence-corrected chi connectivity index (χ2v) is 7.06. The van der Waals surface area contributed by atoms with Gasteiger partial charge in [-0.25, -0.2) is 5.84 Å². The van der Waals surface area contributed by atoms with Gasteiger partial charge in [0.1, 0.15) is 0 Å². The summed E-state index contributed by atoms with van der Waals surface area (Å²) in [5, 5.41) is 0. The van der Waals surface area contributed by atoms with Crippen LogP contribution >= 0.6 is 11.8 Å². The summed E-state index contributed by atoms with van der Waals surface area (Å²) >= 11 is 2.07. The maximum Gasteiger partial charge on any atom is 0.233 e. The van der Waals surface area contributed by atoms with Gasteiger partial charge in [-0.05, 0) is 33.2 Å². The van der Waals surface area contributed by atoms with Crippen molar-refractivity contribution in [3.63, 3.8) is 0 Å². The second kappa shape index (κ2) is 7.24. The quantitative estimate of drug-likeness (QED) is 0.327. The molecule has 0 atom stereocenters. The van der Waals surface area contributed by atoms with Gasteiger partial charge >= 0.3 is 0 Å². The fourth-order valence-electron chi connectivity index (χ4n) is 2.18. The van der Waals surface area contributed by atoms with Crippen LogP contribution in [0.15, 0.2) is 0 Å². The second-order valence-electron chi connectivity index (χ2n) is 5.26. The Morgan fingerprint density at radius 1 is 1.41 bits per heavy atom. The van der Waals surface area contributed by atoms with E-state index in [1.165, 1.54) is 25.3 Å². The summed E-state index contributed by atoms with van der Waals surface area (Å²) in [6.45, 7) is 8.18. The molecule has 0 radical (unpaired) electrons. The highest BCUT2D eigenvalue weighted by Crippen LogP contribution is 2.29. The van der Waals surface area contributed by atoms with Crippen LogP contribution in [-0.2, 0) is 4.79 Å². The van der Waals surface area contributed by atoms with Gasteiger partial charge in [-0.1, -0.05) is 6.42 Å². The first-order valence-electron chi connectivity index (χ1n) is 6.39. The van der Waals surface area contributed by atoms with Crippen molar-refractivity contribution in [1.29, 1.82) is 0 Å². The van der Waals surface area contributed by atoms with E-state index in [-0.39, 0.29) is 5.91 Å². The lowest BCUT2D eigenvalue weighted by molar-refractivity contribution is -0.121. The van der Waals surface area contributed by atoms with Crippen LogP contribution in [0.2, 0.25) is 0 Å². The van der Waals surface area contributed by atoms with Crippen LogP contribution in [0.25, 0.3) is 0 Å². The molecule has 1 amide bonds. The summed E-state index contributed by atoms with van der Waals surface area (Å²) in [6, 6.07) is 0. The number of hydrazine groups is 1. The zero-order valence-electron chi connectivity index (χ0n) is 11.0. The van der Waals surface area contributed by atoms with Crippen molar-refractivity contribution in [2.45, 2.75) is 44.3 Å². The van der Waals surface area contributed by atoms with Crippen LogP contribution in [0.3, 0.4) is 0 Å². The number of unbranched alkanes of at least 4 members (excludes halogenated alkanes) is 2. The molecule has 1 rings (SSSR count). The molecule has 0 aliphatic carbocycles. The first-order valence-corrected chi connectivity index (χ1v) is 7.38. The van der Waals surface area contributed by atoms with Crippen LogP contribution in [-0.4, -0.2) is 40.9 Å². The number of hydrogen-bond acceptors (Lipinski definition) is 4. The summed E-state index contributed by atoms with van der Waals surface area (Å²) in [5.41, 5.74) is 2.16. The summed E-state index contributed by atoms with van der Waals surface area (Å²) in [5.74, 6) is 6.21. The highest BCUT2D eigenvalue weighted by atomic mass is 32.2. The van der Waals surface area contributed by atoms with E-state index in [9.17, 15) is 4.79 Å². The number of carbonyl (C=O) groups is 1. The monoisotopic (exact) mass is 259 g/mol. The van der Waals surface area contributed by atoms with Gasteiger partial charge in [-0.3, -0.25) is 10.2 Å². The minimum Gasteiger partial charge on any atom is -0.301 e. The van der Waals surface area contributed by atoms with Crippen molar-refractivity contribution in [2.24, 2.45) is 5.84 Å². The van der Waals surface area contributed by atoms with Crippen molar-refractivity contribution >= 4 is 17.7 Å². The van der Waals surface area contributed by atoms with Gasteiger partial charge in [0.15, 0.2) is 0 Å². The Labute approximate surface area is 109 Å². The fraction of sp³-hybridized carbons (Fsp3) is 0.917.